The van der Waals surface area contributed by atoms with E-state index in [1.807, 2.05) is 0 Å². The second kappa shape index (κ2) is 4.85. The maximum atomic E-state index is 11.8. The molecule has 2 saturated carbocycles. The van der Waals surface area contributed by atoms with Crippen LogP contribution in [0.4, 0.5) is 0 Å². The van der Waals surface area contributed by atoms with Crippen LogP contribution in [0.5, 0.6) is 0 Å². The molecule has 0 aromatic rings. The summed E-state index contributed by atoms with van der Waals surface area (Å²) in [4.78, 5) is 11.8. The third kappa shape index (κ3) is 1.90. The van der Waals surface area contributed by atoms with Crippen LogP contribution in [0.25, 0.3) is 0 Å². The Bertz CT molecular complexity index is 733. The molecule has 0 spiro atoms. The lowest BCUT2D eigenvalue weighted by Crippen LogP contribution is -2.47. The highest BCUT2D eigenvalue weighted by Gasteiger charge is 2.56. The van der Waals surface area contributed by atoms with Crippen molar-refractivity contribution < 1.29 is 4.79 Å². The second-order valence-corrected chi connectivity index (χ2v) is 8.44. The first-order valence-corrected chi connectivity index (χ1v) is 9.00. The largest absolute Gasteiger partial charge is 0.290 e. The Morgan fingerprint density at radius 1 is 1.30 bits per heavy atom. The summed E-state index contributed by atoms with van der Waals surface area (Å²) in [6.45, 7) is 8.58. The van der Waals surface area contributed by atoms with Crippen LogP contribution < -0.4 is 0 Å². The normalized spacial score (nSPS) is 44.7. The smallest absolute Gasteiger partial charge is 0.178 e. The van der Waals surface area contributed by atoms with Crippen LogP contribution >= 0.6 is 11.6 Å². The molecular formula is C21H23ClO. The molecular weight excluding hydrogens is 304 g/mol. The van der Waals surface area contributed by atoms with Crippen molar-refractivity contribution >= 4 is 17.4 Å². The third-order valence-corrected chi connectivity index (χ3v) is 7.49. The van der Waals surface area contributed by atoms with Crippen LogP contribution in [0.2, 0.25) is 0 Å². The Kier molecular flexibility index (Phi) is 3.21. The predicted molar refractivity (Wildman–Crippen MR) is 94.0 cm³/mol. The van der Waals surface area contributed by atoms with Crippen molar-refractivity contribution in [3.8, 4) is 0 Å². The fourth-order valence-corrected chi connectivity index (χ4v) is 6.23. The van der Waals surface area contributed by atoms with Crippen molar-refractivity contribution in [3.63, 3.8) is 0 Å². The van der Waals surface area contributed by atoms with Crippen LogP contribution in [0.1, 0.15) is 39.5 Å². The lowest BCUT2D eigenvalue weighted by Gasteiger charge is -2.54. The van der Waals surface area contributed by atoms with Gasteiger partial charge in [0.25, 0.3) is 0 Å². The molecule has 120 valence electrons. The van der Waals surface area contributed by atoms with Gasteiger partial charge < -0.3 is 0 Å². The molecule has 23 heavy (non-hydrogen) atoms. The number of fused-ring (bicyclic) bond motifs is 5. The van der Waals surface area contributed by atoms with Gasteiger partial charge in [-0.15, -0.1) is 5.73 Å². The van der Waals surface area contributed by atoms with Gasteiger partial charge in [0.2, 0.25) is 0 Å². The summed E-state index contributed by atoms with van der Waals surface area (Å²) in [5.41, 5.74) is 5.78. The topological polar surface area (TPSA) is 17.1 Å². The minimum absolute atomic E-state index is 0.0564. The molecule has 0 aliphatic heterocycles. The van der Waals surface area contributed by atoms with Gasteiger partial charge >= 0.3 is 0 Å². The molecule has 0 heterocycles. The van der Waals surface area contributed by atoms with Crippen molar-refractivity contribution in [2.75, 3.05) is 0 Å². The van der Waals surface area contributed by atoms with Crippen molar-refractivity contribution in [2.45, 2.75) is 39.5 Å². The van der Waals surface area contributed by atoms with Crippen LogP contribution in [0, 0.1) is 28.6 Å². The Hall–Kier alpha value is -1.30. The Morgan fingerprint density at radius 3 is 2.83 bits per heavy atom. The monoisotopic (exact) mass is 326 g/mol. The molecule has 4 rings (SSSR count). The van der Waals surface area contributed by atoms with Gasteiger partial charge in [0.05, 0.1) is 0 Å². The van der Waals surface area contributed by atoms with Crippen LogP contribution in [0.3, 0.4) is 0 Å². The zero-order chi connectivity index (χ0) is 16.4. The summed E-state index contributed by atoms with van der Waals surface area (Å²) in [6.07, 6.45) is 12.5. The zero-order valence-corrected chi connectivity index (χ0v) is 14.6. The SMILES string of the molecule is C=C=C1CC[C@H]2[C@@H]3C=C(Cl)C4=CC(=O)C=C[C@]4(C)[C@H]3CC[C@]12C. The van der Waals surface area contributed by atoms with E-state index in [2.05, 4.69) is 38.3 Å². The second-order valence-electron chi connectivity index (χ2n) is 8.03. The highest BCUT2D eigenvalue weighted by Crippen LogP contribution is 2.65. The van der Waals surface area contributed by atoms with Gasteiger partial charge in [-0.3, -0.25) is 4.79 Å². The van der Waals surface area contributed by atoms with E-state index in [4.69, 9.17) is 11.6 Å². The standard InChI is InChI=1S/C21H23ClO/c1-4-13-5-6-16-15-12-19(22)18-11-14(23)7-9-21(18,3)17(15)8-10-20(13,16)2/h7,9,11-12,15-17H,1,5-6,8,10H2,2-3H3/t15-,16-,17-,20+,21+/m0/s1. The summed E-state index contributed by atoms with van der Waals surface area (Å²) in [5.74, 6) is 1.68. The van der Waals surface area contributed by atoms with Crippen molar-refractivity contribution in [2.24, 2.45) is 28.6 Å². The lowest BCUT2D eigenvalue weighted by molar-refractivity contribution is -0.110. The van der Waals surface area contributed by atoms with E-state index in [0.717, 1.165) is 23.4 Å². The van der Waals surface area contributed by atoms with E-state index < -0.39 is 0 Å². The lowest BCUT2D eigenvalue weighted by atomic mass is 9.50. The number of allylic oxidation sites excluding steroid dienone is 7. The van der Waals surface area contributed by atoms with Gasteiger partial charge in [-0.25, -0.2) is 0 Å². The number of carbonyl (C=O) groups is 1. The summed E-state index contributed by atoms with van der Waals surface area (Å²) in [5, 5.41) is 0.784. The quantitative estimate of drug-likeness (QED) is 0.548. The highest BCUT2D eigenvalue weighted by atomic mass is 35.5. The molecule has 0 bridgehead atoms. The van der Waals surface area contributed by atoms with E-state index in [9.17, 15) is 4.79 Å². The molecule has 5 atom stereocenters. The van der Waals surface area contributed by atoms with E-state index >= 15 is 0 Å². The van der Waals surface area contributed by atoms with Crippen molar-refractivity contribution in [3.05, 3.63) is 52.8 Å². The molecule has 0 amide bonds. The minimum atomic E-state index is -0.105. The number of hydrogen-bond donors (Lipinski definition) is 0. The summed E-state index contributed by atoms with van der Waals surface area (Å²) in [7, 11) is 0. The zero-order valence-electron chi connectivity index (χ0n) is 13.9. The molecule has 0 saturated heterocycles. The molecule has 0 aromatic carbocycles. The summed E-state index contributed by atoms with van der Waals surface area (Å²) in [6, 6.07) is 0. The first-order valence-electron chi connectivity index (χ1n) is 8.62. The van der Waals surface area contributed by atoms with Crippen LogP contribution in [-0.4, -0.2) is 5.78 Å². The number of rotatable bonds is 0. The predicted octanol–water partition coefficient (Wildman–Crippen LogP) is 5.35. The van der Waals surface area contributed by atoms with Crippen molar-refractivity contribution in [1.29, 1.82) is 0 Å². The maximum absolute atomic E-state index is 11.8. The molecule has 0 aromatic heterocycles. The fourth-order valence-electron chi connectivity index (χ4n) is 5.83. The van der Waals surface area contributed by atoms with E-state index in [1.165, 1.54) is 18.4 Å². The van der Waals surface area contributed by atoms with Gasteiger partial charge in [-0.2, -0.15) is 0 Å². The minimum Gasteiger partial charge on any atom is -0.290 e. The summed E-state index contributed by atoms with van der Waals surface area (Å²) >= 11 is 6.64. The number of carbonyl (C=O) groups excluding carboxylic acids is 1. The Balaban J connectivity index is 1.83. The molecule has 4 aliphatic carbocycles. The molecule has 4 aliphatic rings. The highest BCUT2D eigenvalue weighted by molar-refractivity contribution is 6.32. The molecule has 0 N–H and O–H groups in total. The third-order valence-electron chi connectivity index (χ3n) is 7.16. The van der Waals surface area contributed by atoms with E-state index in [1.54, 1.807) is 12.2 Å². The number of hydrogen-bond acceptors (Lipinski definition) is 1. The van der Waals surface area contributed by atoms with Gasteiger partial charge in [-0.05, 0) is 72.2 Å². The van der Waals surface area contributed by atoms with E-state index in [-0.39, 0.29) is 16.6 Å². The number of ketones is 1. The molecule has 0 radical (unpaired) electrons. The first-order chi connectivity index (χ1) is 10.9. The van der Waals surface area contributed by atoms with Gasteiger partial charge in [0, 0.05) is 10.4 Å². The molecule has 0 unspecified atom stereocenters. The average molecular weight is 327 g/mol. The fraction of sp³-hybridized carbons (Fsp3) is 0.524. The van der Waals surface area contributed by atoms with Gasteiger partial charge in [-0.1, -0.05) is 44.2 Å². The maximum Gasteiger partial charge on any atom is 0.178 e. The Morgan fingerprint density at radius 2 is 2.09 bits per heavy atom. The van der Waals surface area contributed by atoms with Gasteiger partial charge in [0.15, 0.2) is 5.78 Å². The molecule has 1 nitrogen and oxygen atoms in total. The van der Waals surface area contributed by atoms with Crippen LogP contribution in [0.15, 0.2) is 52.8 Å². The summed E-state index contributed by atoms with van der Waals surface area (Å²) < 4.78 is 0. The number of halogens is 1. The first kappa shape index (κ1) is 15.2. The molecule has 2 heteroatoms. The molecule has 2 fully saturated rings. The van der Waals surface area contributed by atoms with Crippen molar-refractivity contribution in [1.82, 2.24) is 0 Å². The Labute approximate surface area is 143 Å². The van der Waals surface area contributed by atoms with Gasteiger partial charge in [0.1, 0.15) is 0 Å². The van der Waals surface area contributed by atoms with E-state index in [0.29, 0.717) is 17.8 Å². The average Bonchev–Trinajstić information content (AvgIpc) is 2.86. The van der Waals surface area contributed by atoms with Crippen LogP contribution in [-0.2, 0) is 4.79 Å².